The third-order valence-corrected chi connectivity index (χ3v) is 5.43. The van der Waals surface area contributed by atoms with Crippen LogP contribution in [0.2, 0.25) is 0 Å². The minimum atomic E-state index is -0.00493. The predicted octanol–water partition coefficient (Wildman–Crippen LogP) is 3.09. The maximum absolute atomic E-state index is 12.0. The number of nitrogens with one attached hydrogen (secondary N) is 2. The van der Waals surface area contributed by atoms with E-state index in [-0.39, 0.29) is 5.91 Å². The van der Waals surface area contributed by atoms with Gasteiger partial charge < -0.3 is 15.4 Å². The summed E-state index contributed by atoms with van der Waals surface area (Å²) in [5.41, 5.74) is 2.31. The lowest BCUT2D eigenvalue weighted by Gasteiger charge is -2.07. The largest absolute Gasteiger partial charge is 0.382 e. The average molecular weight is 381 g/mol. The molecule has 1 aromatic carbocycles. The van der Waals surface area contributed by atoms with Gasteiger partial charge in [0.1, 0.15) is 0 Å². The second-order valence-corrected chi connectivity index (χ2v) is 7.54. The molecule has 1 aromatic heterocycles. The fourth-order valence-corrected chi connectivity index (χ4v) is 3.64. The molecular weight excluding hydrogens is 356 g/mol. The molecule has 2 N–H and O–H groups in total. The molecule has 0 saturated heterocycles. The lowest BCUT2D eigenvalue weighted by molar-refractivity contribution is -0.118. The maximum atomic E-state index is 12.0. The third kappa shape index (κ3) is 7.41. The summed E-state index contributed by atoms with van der Waals surface area (Å²) in [5, 5.41) is 15.1. The molecule has 0 radical (unpaired) electrons. The van der Waals surface area contributed by atoms with Crippen molar-refractivity contribution >= 4 is 34.1 Å². The topological polar surface area (TPSA) is 76.1 Å². The Morgan fingerprint density at radius 2 is 2.16 bits per heavy atom. The normalized spacial score (nSPS) is 10.6. The highest BCUT2D eigenvalue weighted by Gasteiger charge is 2.08. The molecule has 0 spiro atoms. The maximum Gasteiger partial charge on any atom is 0.230 e. The molecule has 2 rings (SSSR count). The van der Waals surface area contributed by atoms with E-state index in [9.17, 15) is 4.79 Å². The van der Waals surface area contributed by atoms with Crippen LogP contribution in [0.3, 0.4) is 0 Å². The van der Waals surface area contributed by atoms with Crippen LogP contribution in [0.15, 0.2) is 28.6 Å². The minimum absolute atomic E-state index is 0.00493. The monoisotopic (exact) mass is 380 g/mol. The van der Waals surface area contributed by atoms with Gasteiger partial charge in [0.25, 0.3) is 0 Å². The summed E-state index contributed by atoms with van der Waals surface area (Å²) in [5.74, 6) is 0.333. The van der Waals surface area contributed by atoms with E-state index in [1.165, 1.54) is 28.7 Å². The van der Waals surface area contributed by atoms with Crippen molar-refractivity contribution in [1.29, 1.82) is 0 Å². The van der Waals surface area contributed by atoms with E-state index < -0.39 is 0 Å². The van der Waals surface area contributed by atoms with Gasteiger partial charge in [-0.2, -0.15) is 0 Å². The van der Waals surface area contributed by atoms with Gasteiger partial charge in [0, 0.05) is 26.3 Å². The first-order valence-electron chi connectivity index (χ1n) is 8.28. The van der Waals surface area contributed by atoms with Crippen molar-refractivity contribution in [3.63, 3.8) is 0 Å². The van der Waals surface area contributed by atoms with Crippen molar-refractivity contribution in [2.24, 2.45) is 0 Å². The summed E-state index contributed by atoms with van der Waals surface area (Å²) in [6.45, 7) is 6.86. The van der Waals surface area contributed by atoms with Crippen LogP contribution in [0.5, 0.6) is 0 Å². The SMILES string of the molecule is CCOCCCNc1nnc(SCC(=O)NCc2ccccc2C)s1. The Bertz CT molecular complexity index is 664. The molecule has 0 saturated carbocycles. The number of benzene rings is 1. The molecule has 2 aromatic rings. The second kappa shape index (κ2) is 11.1. The molecular formula is C17H24N4O2S2. The smallest absolute Gasteiger partial charge is 0.230 e. The molecule has 0 aliphatic heterocycles. The third-order valence-electron chi connectivity index (χ3n) is 3.42. The summed E-state index contributed by atoms with van der Waals surface area (Å²) in [7, 11) is 0. The lowest BCUT2D eigenvalue weighted by Crippen LogP contribution is -2.24. The molecule has 0 atom stereocenters. The van der Waals surface area contributed by atoms with Crippen LogP contribution in [0.4, 0.5) is 5.13 Å². The summed E-state index contributed by atoms with van der Waals surface area (Å²) in [6, 6.07) is 8.04. The number of aryl methyl sites for hydroxylation is 1. The van der Waals surface area contributed by atoms with E-state index in [0.717, 1.165) is 41.2 Å². The molecule has 0 aliphatic rings. The van der Waals surface area contributed by atoms with Crippen molar-refractivity contribution in [3.05, 3.63) is 35.4 Å². The van der Waals surface area contributed by atoms with Crippen molar-refractivity contribution in [1.82, 2.24) is 15.5 Å². The van der Waals surface area contributed by atoms with Gasteiger partial charge in [-0.3, -0.25) is 4.79 Å². The first kappa shape index (κ1) is 19.7. The summed E-state index contributed by atoms with van der Waals surface area (Å²) >= 11 is 2.87. The van der Waals surface area contributed by atoms with Crippen LogP contribution in [-0.4, -0.2) is 41.6 Å². The molecule has 0 aliphatic carbocycles. The quantitative estimate of drug-likeness (QED) is 0.461. The Hall–Kier alpha value is -1.64. The lowest BCUT2D eigenvalue weighted by atomic mass is 10.1. The molecule has 8 heteroatoms. The highest BCUT2D eigenvalue weighted by Crippen LogP contribution is 2.25. The number of carbonyl (C=O) groups excluding carboxylic acids is 1. The predicted molar refractivity (Wildman–Crippen MR) is 103 cm³/mol. The van der Waals surface area contributed by atoms with Gasteiger partial charge in [0.15, 0.2) is 4.34 Å². The zero-order valence-electron chi connectivity index (χ0n) is 14.6. The number of ether oxygens (including phenoxy) is 1. The molecule has 1 heterocycles. The van der Waals surface area contributed by atoms with Crippen LogP contribution in [0.25, 0.3) is 0 Å². The summed E-state index contributed by atoms with van der Waals surface area (Å²) in [6.07, 6.45) is 0.928. The number of rotatable bonds is 11. The minimum Gasteiger partial charge on any atom is -0.382 e. The van der Waals surface area contributed by atoms with Crippen molar-refractivity contribution < 1.29 is 9.53 Å². The number of nitrogens with zero attached hydrogens (tertiary/aromatic N) is 2. The van der Waals surface area contributed by atoms with E-state index in [0.29, 0.717) is 12.3 Å². The van der Waals surface area contributed by atoms with Gasteiger partial charge in [0.2, 0.25) is 11.0 Å². The highest BCUT2D eigenvalue weighted by molar-refractivity contribution is 8.01. The molecule has 25 heavy (non-hydrogen) atoms. The van der Waals surface area contributed by atoms with E-state index in [2.05, 4.69) is 20.8 Å². The molecule has 136 valence electrons. The fraction of sp³-hybridized carbons (Fsp3) is 0.471. The standard InChI is InChI=1S/C17H24N4O2S2/c1-3-23-10-6-9-18-16-20-21-17(25-16)24-12-15(22)19-11-14-8-5-4-7-13(14)2/h4-5,7-8H,3,6,9-12H2,1-2H3,(H,18,20)(H,19,22). The van der Waals surface area contributed by atoms with Gasteiger partial charge in [0.05, 0.1) is 5.75 Å². The first-order chi connectivity index (χ1) is 12.2. The zero-order chi connectivity index (χ0) is 17.9. The van der Waals surface area contributed by atoms with Crippen LogP contribution < -0.4 is 10.6 Å². The van der Waals surface area contributed by atoms with Crippen molar-refractivity contribution in [3.8, 4) is 0 Å². The zero-order valence-corrected chi connectivity index (χ0v) is 16.2. The fourth-order valence-electron chi connectivity index (χ4n) is 2.03. The Kier molecular flexibility index (Phi) is 8.71. The number of hydrogen-bond donors (Lipinski definition) is 2. The summed E-state index contributed by atoms with van der Waals surface area (Å²) in [4.78, 5) is 12.0. The van der Waals surface area contributed by atoms with Gasteiger partial charge in [-0.25, -0.2) is 0 Å². The number of amides is 1. The Labute approximate surface area is 156 Å². The number of thioether (sulfide) groups is 1. The number of hydrogen-bond acceptors (Lipinski definition) is 7. The summed E-state index contributed by atoms with van der Waals surface area (Å²) < 4.78 is 6.07. The van der Waals surface area contributed by atoms with Gasteiger partial charge >= 0.3 is 0 Å². The van der Waals surface area contributed by atoms with Gasteiger partial charge in [-0.15, -0.1) is 10.2 Å². The van der Waals surface area contributed by atoms with Crippen LogP contribution in [-0.2, 0) is 16.1 Å². The van der Waals surface area contributed by atoms with Crippen molar-refractivity contribution in [2.75, 3.05) is 30.8 Å². The van der Waals surface area contributed by atoms with E-state index >= 15 is 0 Å². The van der Waals surface area contributed by atoms with Crippen LogP contribution >= 0.6 is 23.1 Å². The number of carbonyl (C=O) groups is 1. The number of aromatic nitrogens is 2. The highest BCUT2D eigenvalue weighted by atomic mass is 32.2. The van der Waals surface area contributed by atoms with Crippen LogP contribution in [0, 0.1) is 6.92 Å². The van der Waals surface area contributed by atoms with E-state index in [1.807, 2.05) is 38.1 Å². The molecule has 0 fully saturated rings. The Morgan fingerprint density at radius 3 is 2.96 bits per heavy atom. The Morgan fingerprint density at radius 1 is 1.32 bits per heavy atom. The molecule has 0 bridgehead atoms. The molecule has 0 unspecified atom stereocenters. The van der Waals surface area contributed by atoms with E-state index in [4.69, 9.17) is 4.74 Å². The van der Waals surface area contributed by atoms with Gasteiger partial charge in [-0.1, -0.05) is 47.4 Å². The second-order valence-electron chi connectivity index (χ2n) is 5.34. The Balaban J connectivity index is 1.65. The molecule has 6 nitrogen and oxygen atoms in total. The van der Waals surface area contributed by atoms with Crippen LogP contribution in [0.1, 0.15) is 24.5 Å². The first-order valence-corrected chi connectivity index (χ1v) is 10.1. The van der Waals surface area contributed by atoms with Gasteiger partial charge in [-0.05, 0) is 31.4 Å². The number of anilines is 1. The average Bonchev–Trinajstić information content (AvgIpc) is 3.07. The van der Waals surface area contributed by atoms with Crippen molar-refractivity contribution in [2.45, 2.75) is 31.2 Å². The van der Waals surface area contributed by atoms with E-state index in [1.54, 1.807) is 0 Å². The molecule has 1 amide bonds.